The van der Waals surface area contributed by atoms with Crippen molar-refractivity contribution in [2.45, 2.75) is 26.1 Å². The van der Waals surface area contributed by atoms with Gasteiger partial charge in [0, 0.05) is 75.4 Å². The van der Waals surface area contributed by atoms with Gasteiger partial charge in [-0.2, -0.15) is 9.47 Å². The second kappa shape index (κ2) is 8.02. The second-order valence-electron chi connectivity index (χ2n) is 7.85. The molecule has 0 aliphatic carbocycles. The highest BCUT2D eigenvalue weighted by molar-refractivity contribution is 7.13. The van der Waals surface area contributed by atoms with Crippen LogP contribution in [0.15, 0.2) is 30.5 Å². The van der Waals surface area contributed by atoms with Crippen molar-refractivity contribution in [3.8, 4) is 0 Å². The van der Waals surface area contributed by atoms with E-state index in [0.717, 1.165) is 70.2 Å². The van der Waals surface area contributed by atoms with E-state index in [0.29, 0.717) is 0 Å². The lowest BCUT2D eigenvalue weighted by Gasteiger charge is -2.38. The summed E-state index contributed by atoms with van der Waals surface area (Å²) < 4.78 is 7.97. The number of benzene rings is 1. The molecule has 1 N–H and O–H groups in total. The minimum atomic E-state index is -0.526. The Balaban J connectivity index is 1.16. The Morgan fingerprint density at radius 2 is 1.93 bits per heavy atom. The molecule has 2 aliphatic heterocycles. The monoisotopic (exact) mass is 412 g/mol. The van der Waals surface area contributed by atoms with Crippen LogP contribution in [-0.2, 0) is 13.0 Å². The van der Waals surface area contributed by atoms with Crippen molar-refractivity contribution < 1.29 is 5.11 Å². The van der Waals surface area contributed by atoms with Gasteiger partial charge in [-0.25, -0.2) is 0 Å². The van der Waals surface area contributed by atoms with E-state index in [-0.39, 0.29) is 0 Å². The summed E-state index contributed by atoms with van der Waals surface area (Å²) in [6.07, 6.45) is 2.28. The Labute approximate surface area is 175 Å². The van der Waals surface area contributed by atoms with Crippen molar-refractivity contribution in [2.24, 2.45) is 0 Å². The van der Waals surface area contributed by atoms with E-state index in [1.54, 1.807) is 11.5 Å². The smallest absolute Gasteiger partial charge is 0.150 e. The van der Waals surface area contributed by atoms with Gasteiger partial charge in [0.1, 0.15) is 12.0 Å². The summed E-state index contributed by atoms with van der Waals surface area (Å²) in [6, 6.07) is 8.49. The molecule has 1 unspecified atom stereocenters. The van der Waals surface area contributed by atoms with E-state index in [1.807, 2.05) is 10.9 Å². The van der Waals surface area contributed by atoms with Crippen LogP contribution < -0.4 is 4.90 Å². The normalized spacial score (nSPS) is 21.0. The van der Waals surface area contributed by atoms with Crippen LogP contribution in [0.2, 0.25) is 0 Å². The van der Waals surface area contributed by atoms with Gasteiger partial charge in [0.25, 0.3) is 0 Å². The summed E-state index contributed by atoms with van der Waals surface area (Å²) in [5.41, 5.74) is 2.18. The fraction of sp³-hybridized carbons (Fsp3) is 0.524. The summed E-state index contributed by atoms with van der Waals surface area (Å²) in [7, 11) is 0. The number of hydrogen-bond donors (Lipinski definition) is 1. The molecular weight excluding hydrogens is 384 g/mol. The lowest BCUT2D eigenvalue weighted by atomic mass is 10.1. The molecule has 0 spiro atoms. The number of aromatic nitrogens is 3. The van der Waals surface area contributed by atoms with Gasteiger partial charge in [-0.1, -0.05) is 12.1 Å². The zero-order valence-corrected chi connectivity index (χ0v) is 17.7. The Hall–Kier alpha value is -2.00. The van der Waals surface area contributed by atoms with Crippen LogP contribution in [0.1, 0.15) is 24.4 Å². The Morgan fingerprint density at radius 3 is 2.76 bits per heavy atom. The van der Waals surface area contributed by atoms with Crippen molar-refractivity contribution in [3.05, 3.63) is 41.7 Å². The maximum absolute atomic E-state index is 10.8. The molecule has 1 fully saturated rings. The number of aliphatic hydroxyl groups is 1. The molecule has 5 rings (SSSR count). The fourth-order valence-electron chi connectivity index (χ4n) is 4.54. The van der Waals surface area contributed by atoms with Crippen LogP contribution in [0.4, 0.5) is 5.82 Å². The third-order valence-electron chi connectivity index (χ3n) is 6.27. The SMILES string of the molecule is CCn1ncc2c1CCN(CCN1CCN(c3nsc4ccccc34)CC1)C2O. The second-order valence-corrected chi connectivity index (χ2v) is 8.66. The maximum atomic E-state index is 10.8. The standard InChI is InChI=1S/C21H28N6OS/c1-2-27-18-7-8-26(21(28)17(18)15-22-27)14-11-24-9-12-25(13-10-24)20-16-5-3-4-6-19(16)29-23-20/h3-6,15,21,28H,2,7-14H2,1H3. The number of anilines is 1. The van der Waals surface area contributed by atoms with Crippen LogP contribution in [0.5, 0.6) is 0 Å². The van der Waals surface area contributed by atoms with Crippen molar-refractivity contribution >= 4 is 27.4 Å². The van der Waals surface area contributed by atoms with Crippen LogP contribution in [0.25, 0.3) is 10.1 Å². The Kier molecular flexibility index (Phi) is 5.26. The van der Waals surface area contributed by atoms with E-state index in [2.05, 4.69) is 51.0 Å². The van der Waals surface area contributed by atoms with Gasteiger partial charge in [-0.15, -0.1) is 0 Å². The predicted octanol–water partition coefficient (Wildman–Crippen LogP) is 2.18. The topological polar surface area (TPSA) is 60.7 Å². The van der Waals surface area contributed by atoms with Crippen molar-refractivity contribution in [1.82, 2.24) is 24.0 Å². The highest BCUT2D eigenvalue weighted by atomic mass is 32.1. The first-order chi connectivity index (χ1) is 14.2. The largest absolute Gasteiger partial charge is 0.374 e. The van der Waals surface area contributed by atoms with Crippen LogP contribution in [0, 0.1) is 0 Å². The van der Waals surface area contributed by atoms with Crippen LogP contribution in [0.3, 0.4) is 0 Å². The molecule has 0 saturated carbocycles. The highest BCUT2D eigenvalue weighted by Gasteiger charge is 2.29. The summed E-state index contributed by atoms with van der Waals surface area (Å²) in [5.74, 6) is 1.14. The van der Waals surface area contributed by atoms with E-state index < -0.39 is 6.23 Å². The molecule has 154 valence electrons. The molecule has 0 amide bonds. The molecule has 1 aromatic carbocycles. The zero-order valence-electron chi connectivity index (χ0n) is 16.9. The molecular formula is C21H28N6OS. The first kappa shape index (κ1) is 19.0. The van der Waals surface area contributed by atoms with E-state index in [9.17, 15) is 5.11 Å². The van der Waals surface area contributed by atoms with Crippen LogP contribution >= 0.6 is 11.5 Å². The molecule has 8 heteroatoms. The number of aliphatic hydroxyl groups excluding tert-OH is 1. The lowest BCUT2D eigenvalue weighted by Crippen LogP contribution is -2.49. The minimum absolute atomic E-state index is 0.526. The average Bonchev–Trinajstić information content (AvgIpc) is 3.38. The molecule has 29 heavy (non-hydrogen) atoms. The minimum Gasteiger partial charge on any atom is -0.374 e. The van der Waals surface area contributed by atoms with Crippen LogP contribution in [-0.4, -0.2) is 74.9 Å². The highest BCUT2D eigenvalue weighted by Crippen LogP contribution is 2.30. The Bertz CT molecular complexity index is 977. The molecule has 0 bridgehead atoms. The van der Waals surface area contributed by atoms with Gasteiger partial charge in [0.15, 0.2) is 0 Å². The van der Waals surface area contributed by atoms with E-state index in [1.165, 1.54) is 15.8 Å². The fourth-order valence-corrected chi connectivity index (χ4v) is 5.34. The number of nitrogens with zero attached hydrogens (tertiary/aromatic N) is 6. The summed E-state index contributed by atoms with van der Waals surface area (Å²) in [4.78, 5) is 7.10. The van der Waals surface area contributed by atoms with Gasteiger partial charge >= 0.3 is 0 Å². The van der Waals surface area contributed by atoms with Gasteiger partial charge in [0.2, 0.25) is 0 Å². The maximum Gasteiger partial charge on any atom is 0.150 e. The number of aryl methyl sites for hydroxylation is 1. The molecule has 2 aromatic heterocycles. The van der Waals surface area contributed by atoms with Gasteiger partial charge in [-0.3, -0.25) is 14.5 Å². The molecule has 0 radical (unpaired) electrons. The predicted molar refractivity (Wildman–Crippen MR) is 116 cm³/mol. The molecule has 1 saturated heterocycles. The quantitative estimate of drug-likeness (QED) is 0.693. The van der Waals surface area contributed by atoms with Gasteiger partial charge in [0.05, 0.1) is 10.9 Å². The molecule has 1 atom stereocenters. The number of hydrogen-bond acceptors (Lipinski definition) is 7. The first-order valence-electron chi connectivity index (χ1n) is 10.5. The number of rotatable bonds is 5. The summed E-state index contributed by atoms with van der Waals surface area (Å²) in [5, 5.41) is 16.4. The molecule has 2 aliphatic rings. The average molecular weight is 413 g/mol. The number of piperazine rings is 1. The van der Waals surface area contributed by atoms with Crippen molar-refractivity contribution in [3.63, 3.8) is 0 Å². The summed E-state index contributed by atoms with van der Waals surface area (Å²) in [6.45, 7) is 9.81. The third-order valence-corrected chi connectivity index (χ3v) is 7.09. The summed E-state index contributed by atoms with van der Waals surface area (Å²) >= 11 is 1.59. The van der Waals surface area contributed by atoms with Crippen molar-refractivity contribution in [2.75, 3.05) is 50.7 Å². The van der Waals surface area contributed by atoms with Crippen molar-refractivity contribution in [1.29, 1.82) is 0 Å². The molecule has 4 heterocycles. The molecule has 3 aromatic rings. The first-order valence-corrected chi connectivity index (χ1v) is 11.3. The van der Waals surface area contributed by atoms with Gasteiger partial charge in [-0.05, 0) is 30.6 Å². The number of fused-ring (bicyclic) bond motifs is 2. The Morgan fingerprint density at radius 1 is 1.10 bits per heavy atom. The van der Waals surface area contributed by atoms with Gasteiger partial charge < -0.3 is 10.0 Å². The van der Waals surface area contributed by atoms with E-state index >= 15 is 0 Å². The molecule has 7 nitrogen and oxygen atoms in total. The van der Waals surface area contributed by atoms with E-state index in [4.69, 9.17) is 4.37 Å². The zero-order chi connectivity index (χ0) is 19.8. The lowest BCUT2D eigenvalue weighted by molar-refractivity contribution is -0.0122. The third kappa shape index (κ3) is 3.54.